The second-order valence-electron chi connectivity index (χ2n) is 3.19. The zero-order valence-corrected chi connectivity index (χ0v) is 8.33. The number of rotatable bonds is 1. The number of anilines is 1. The van der Waals surface area contributed by atoms with Crippen LogP contribution in [0.2, 0.25) is 5.28 Å². The summed E-state index contributed by atoms with van der Waals surface area (Å²) in [5, 5.41) is 8.86. The van der Waals surface area contributed by atoms with Gasteiger partial charge in [-0.3, -0.25) is 0 Å². The smallest absolute Gasteiger partial charge is 0.225 e. The van der Waals surface area contributed by atoms with Crippen molar-refractivity contribution in [2.24, 2.45) is 0 Å². The highest BCUT2D eigenvalue weighted by Crippen LogP contribution is 2.19. The molecule has 4 nitrogen and oxygen atoms in total. The van der Waals surface area contributed by atoms with Gasteiger partial charge >= 0.3 is 0 Å². The summed E-state index contributed by atoms with van der Waals surface area (Å²) in [6, 6.07) is 3.65. The summed E-state index contributed by atoms with van der Waals surface area (Å²) in [7, 11) is 0. The third-order valence-electron chi connectivity index (χ3n) is 2.23. The molecule has 72 valence electrons. The Morgan fingerprint density at radius 3 is 2.71 bits per heavy atom. The van der Waals surface area contributed by atoms with Crippen LogP contribution < -0.4 is 4.90 Å². The molecule has 1 aliphatic heterocycles. The van der Waals surface area contributed by atoms with E-state index in [9.17, 15) is 0 Å². The number of hydrogen-bond acceptors (Lipinski definition) is 4. The minimum atomic E-state index is 0.144. The maximum Gasteiger partial charge on any atom is 0.225 e. The lowest BCUT2D eigenvalue weighted by Crippen LogP contribution is -2.19. The Morgan fingerprint density at radius 2 is 2.07 bits per heavy atom. The summed E-state index contributed by atoms with van der Waals surface area (Å²) in [6.45, 7) is 1.97. The summed E-state index contributed by atoms with van der Waals surface area (Å²) in [4.78, 5) is 10.0. The Kier molecular flexibility index (Phi) is 2.51. The van der Waals surface area contributed by atoms with Crippen LogP contribution in [0.5, 0.6) is 0 Å². The first-order chi connectivity index (χ1) is 6.79. The van der Waals surface area contributed by atoms with Gasteiger partial charge in [-0.2, -0.15) is 5.26 Å². The van der Waals surface area contributed by atoms with Gasteiger partial charge in [-0.15, -0.1) is 0 Å². The third-order valence-corrected chi connectivity index (χ3v) is 2.40. The van der Waals surface area contributed by atoms with Gasteiger partial charge in [0.15, 0.2) is 0 Å². The molecule has 0 spiro atoms. The van der Waals surface area contributed by atoms with Crippen molar-refractivity contribution >= 4 is 17.4 Å². The molecular weight excluding hydrogens is 200 g/mol. The Labute approximate surface area is 87.1 Å². The van der Waals surface area contributed by atoms with Crippen molar-refractivity contribution in [3.63, 3.8) is 0 Å². The van der Waals surface area contributed by atoms with Crippen molar-refractivity contribution in [3.8, 4) is 6.07 Å². The molecule has 0 radical (unpaired) electrons. The summed E-state index contributed by atoms with van der Waals surface area (Å²) >= 11 is 5.71. The molecule has 1 aliphatic rings. The molecule has 0 amide bonds. The normalized spacial score (nSPS) is 15.6. The molecule has 0 aromatic carbocycles. The van der Waals surface area contributed by atoms with Crippen molar-refractivity contribution in [1.82, 2.24) is 9.97 Å². The molecule has 0 bridgehead atoms. The van der Waals surface area contributed by atoms with E-state index in [4.69, 9.17) is 16.9 Å². The fourth-order valence-corrected chi connectivity index (χ4v) is 1.75. The Morgan fingerprint density at radius 1 is 1.36 bits per heavy atom. The highest BCUT2D eigenvalue weighted by Gasteiger charge is 2.15. The number of nitriles is 1. The van der Waals surface area contributed by atoms with Crippen LogP contribution in [-0.4, -0.2) is 23.1 Å². The van der Waals surface area contributed by atoms with Crippen molar-refractivity contribution in [3.05, 3.63) is 17.0 Å². The summed E-state index contributed by atoms with van der Waals surface area (Å²) in [5.74, 6) is 0.763. The molecule has 0 aliphatic carbocycles. The first-order valence-corrected chi connectivity index (χ1v) is 4.87. The first-order valence-electron chi connectivity index (χ1n) is 4.49. The van der Waals surface area contributed by atoms with Crippen LogP contribution in [0.25, 0.3) is 0 Å². The molecule has 5 heteroatoms. The van der Waals surface area contributed by atoms with E-state index in [2.05, 4.69) is 14.9 Å². The van der Waals surface area contributed by atoms with Gasteiger partial charge in [-0.25, -0.2) is 9.97 Å². The van der Waals surface area contributed by atoms with Crippen LogP contribution in [0.15, 0.2) is 6.07 Å². The van der Waals surface area contributed by atoms with Crippen molar-refractivity contribution in [1.29, 1.82) is 5.26 Å². The molecule has 0 N–H and O–H groups in total. The van der Waals surface area contributed by atoms with E-state index in [-0.39, 0.29) is 5.28 Å². The van der Waals surface area contributed by atoms with Gasteiger partial charge in [-0.05, 0) is 24.4 Å². The molecule has 1 saturated heterocycles. The second kappa shape index (κ2) is 3.81. The van der Waals surface area contributed by atoms with Crippen molar-refractivity contribution in [2.45, 2.75) is 12.8 Å². The minimum absolute atomic E-state index is 0.144. The molecule has 2 heterocycles. The molecule has 0 atom stereocenters. The summed E-state index contributed by atoms with van der Waals surface area (Å²) in [5.41, 5.74) is 0.326. The monoisotopic (exact) mass is 208 g/mol. The van der Waals surface area contributed by atoms with Gasteiger partial charge in [0.2, 0.25) is 5.28 Å². The molecular formula is C9H9ClN4. The lowest BCUT2D eigenvalue weighted by Gasteiger charge is -2.15. The van der Waals surface area contributed by atoms with Crippen LogP contribution in [0.1, 0.15) is 18.5 Å². The maximum absolute atomic E-state index is 8.71. The predicted molar refractivity (Wildman–Crippen MR) is 53.2 cm³/mol. The van der Waals surface area contributed by atoms with Crippen LogP contribution >= 0.6 is 11.6 Å². The average Bonchev–Trinajstić information content (AvgIpc) is 2.69. The molecule has 1 aromatic rings. The van der Waals surface area contributed by atoms with Gasteiger partial charge in [-0.1, -0.05) is 0 Å². The number of halogens is 1. The van der Waals surface area contributed by atoms with Gasteiger partial charge in [0.05, 0.1) is 0 Å². The highest BCUT2D eigenvalue weighted by molar-refractivity contribution is 6.28. The SMILES string of the molecule is N#Cc1cc(N2CCCC2)nc(Cl)n1. The summed E-state index contributed by atoms with van der Waals surface area (Å²) < 4.78 is 0. The minimum Gasteiger partial charge on any atom is -0.356 e. The fraction of sp³-hybridized carbons (Fsp3) is 0.444. The zero-order chi connectivity index (χ0) is 9.97. The van der Waals surface area contributed by atoms with Gasteiger partial charge in [0.1, 0.15) is 17.6 Å². The van der Waals surface area contributed by atoms with E-state index in [1.54, 1.807) is 6.07 Å². The van der Waals surface area contributed by atoms with E-state index in [0.29, 0.717) is 5.69 Å². The Hall–Kier alpha value is -1.34. The van der Waals surface area contributed by atoms with Crippen LogP contribution in [-0.2, 0) is 0 Å². The summed E-state index contributed by atoms with van der Waals surface area (Å²) in [6.07, 6.45) is 2.34. The average molecular weight is 209 g/mol. The van der Waals surface area contributed by atoms with Gasteiger partial charge in [0.25, 0.3) is 0 Å². The molecule has 1 fully saturated rings. The number of nitrogens with zero attached hydrogens (tertiary/aromatic N) is 4. The molecule has 2 rings (SSSR count). The fourth-order valence-electron chi connectivity index (χ4n) is 1.57. The Balaban J connectivity index is 2.33. The largest absolute Gasteiger partial charge is 0.356 e. The topological polar surface area (TPSA) is 52.8 Å². The molecule has 1 aromatic heterocycles. The highest BCUT2D eigenvalue weighted by atomic mass is 35.5. The van der Waals surface area contributed by atoms with E-state index in [1.807, 2.05) is 6.07 Å². The Bertz CT molecular complexity index is 379. The lowest BCUT2D eigenvalue weighted by molar-refractivity contribution is 0.925. The molecule has 0 saturated carbocycles. The van der Waals surface area contributed by atoms with E-state index >= 15 is 0 Å². The van der Waals surface area contributed by atoms with Crippen LogP contribution in [0, 0.1) is 11.3 Å². The van der Waals surface area contributed by atoms with E-state index in [1.165, 1.54) is 12.8 Å². The lowest BCUT2D eigenvalue weighted by atomic mass is 10.4. The van der Waals surface area contributed by atoms with Crippen molar-refractivity contribution in [2.75, 3.05) is 18.0 Å². The standard InChI is InChI=1S/C9H9ClN4/c10-9-12-7(6-11)5-8(13-9)14-3-1-2-4-14/h5H,1-4H2. The number of hydrogen-bond donors (Lipinski definition) is 0. The first kappa shape index (κ1) is 9.22. The second-order valence-corrected chi connectivity index (χ2v) is 3.52. The predicted octanol–water partition coefficient (Wildman–Crippen LogP) is 1.60. The third kappa shape index (κ3) is 1.78. The molecule has 14 heavy (non-hydrogen) atoms. The van der Waals surface area contributed by atoms with Gasteiger partial charge in [0, 0.05) is 19.2 Å². The van der Waals surface area contributed by atoms with Crippen LogP contribution in [0.3, 0.4) is 0 Å². The van der Waals surface area contributed by atoms with Crippen LogP contribution in [0.4, 0.5) is 5.82 Å². The number of aromatic nitrogens is 2. The maximum atomic E-state index is 8.71. The van der Waals surface area contributed by atoms with Crippen molar-refractivity contribution < 1.29 is 0 Å². The quantitative estimate of drug-likeness (QED) is 0.658. The van der Waals surface area contributed by atoms with E-state index in [0.717, 1.165) is 18.9 Å². The molecule has 0 unspecified atom stereocenters. The van der Waals surface area contributed by atoms with E-state index < -0.39 is 0 Å². The van der Waals surface area contributed by atoms with Gasteiger partial charge < -0.3 is 4.90 Å². The zero-order valence-electron chi connectivity index (χ0n) is 7.57.